The van der Waals surface area contributed by atoms with Crippen molar-refractivity contribution in [3.63, 3.8) is 0 Å². The highest BCUT2D eigenvalue weighted by Gasteiger charge is 2.34. The molecule has 1 aromatic carbocycles. The summed E-state index contributed by atoms with van der Waals surface area (Å²) in [4.78, 5) is 15.2. The number of benzene rings is 1. The maximum absolute atomic E-state index is 14.7. The molecule has 1 amide bonds. The van der Waals surface area contributed by atoms with Crippen molar-refractivity contribution >= 4 is 29.2 Å². The minimum Gasteiger partial charge on any atom is -0.442 e. The fourth-order valence-electron chi connectivity index (χ4n) is 3.35. The summed E-state index contributed by atoms with van der Waals surface area (Å²) < 4.78 is 36.3. The number of ether oxygens (including phenoxy) is 1. The zero-order valence-electron chi connectivity index (χ0n) is 14.6. The van der Waals surface area contributed by atoms with Gasteiger partial charge in [-0.05, 0) is 12.2 Å². The molecule has 1 aromatic heterocycles. The van der Waals surface area contributed by atoms with Gasteiger partial charge >= 0.3 is 6.09 Å². The molecule has 0 radical (unpaired) electrons. The van der Waals surface area contributed by atoms with Gasteiger partial charge < -0.3 is 9.64 Å². The molecule has 2 saturated heterocycles. The molecule has 1 atom stereocenters. The number of amides is 1. The fraction of sp³-hybridized carbons (Fsp3) is 0.471. The van der Waals surface area contributed by atoms with Gasteiger partial charge in [0, 0.05) is 37.2 Å². The maximum Gasteiger partial charge on any atom is 0.414 e. The molecule has 2 aliphatic rings. The van der Waals surface area contributed by atoms with Gasteiger partial charge in [-0.1, -0.05) is 5.21 Å². The van der Waals surface area contributed by atoms with Crippen LogP contribution < -0.4 is 9.80 Å². The molecule has 27 heavy (non-hydrogen) atoms. The molecule has 0 saturated carbocycles. The van der Waals surface area contributed by atoms with E-state index in [9.17, 15) is 13.6 Å². The minimum atomic E-state index is -0.663. The number of aromatic nitrogens is 3. The van der Waals surface area contributed by atoms with E-state index in [2.05, 4.69) is 10.3 Å². The first-order chi connectivity index (χ1) is 13.1. The summed E-state index contributed by atoms with van der Waals surface area (Å²) >= 11 is 1.78. The summed E-state index contributed by atoms with van der Waals surface area (Å²) in [5.74, 6) is 0.502. The smallest absolute Gasteiger partial charge is 0.414 e. The summed E-state index contributed by atoms with van der Waals surface area (Å²) in [6.07, 6.45) is 2.97. The minimum absolute atomic E-state index is 0.0204. The summed E-state index contributed by atoms with van der Waals surface area (Å²) in [7, 11) is 0. The van der Waals surface area contributed by atoms with Crippen molar-refractivity contribution in [1.29, 1.82) is 0 Å². The Bertz CT molecular complexity index is 789. The standard InChI is InChI=1S/C17H19F2N5O2S/c18-14-8-12(9-15(19)16(14)22-3-1-6-27-7-5-22)24-11-13(26-17(24)25)10-23-4-2-20-21-23/h2,4,8-9,13H,1,3,5-7,10-11H2/t13-/m0/s1. The average molecular weight is 395 g/mol. The molecule has 2 fully saturated rings. The normalized spacial score (nSPS) is 20.7. The van der Waals surface area contributed by atoms with Crippen LogP contribution in [0.5, 0.6) is 0 Å². The van der Waals surface area contributed by atoms with Gasteiger partial charge in [0.05, 0.1) is 25.0 Å². The monoisotopic (exact) mass is 395 g/mol. The van der Waals surface area contributed by atoms with Crippen molar-refractivity contribution < 1.29 is 18.3 Å². The number of anilines is 2. The van der Waals surface area contributed by atoms with E-state index in [1.807, 2.05) is 0 Å². The molecule has 10 heteroatoms. The van der Waals surface area contributed by atoms with Crippen LogP contribution in [-0.2, 0) is 11.3 Å². The molecule has 0 bridgehead atoms. The molecular formula is C17H19F2N5O2S. The van der Waals surface area contributed by atoms with Gasteiger partial charge in [-0.15, -0.1) is 5.10 Å². The van der Waals surface area contributed by atoms with Crippen molar-refractivity contribution in [2.75, 3.05) is 40.9 Å². The van der Waals surface area contributed by atoms with Gasteiger partial charge in [-0.3, -0.25) is 4.90 Å². The third kappa shape index (κ3) is 3.85. The van der Waals surface area contributed by atoms with Crippen molar-refractivity contribution in [3.05, 3.63) is 36.2 Å². The van der Waals surface area contributed by atoms with Crippen LogP contribution in [0.3, 0.4) is 0 Å². The van der Waals surface area contributed by atoms with Crippen LogP contribution in [0.15, 0.2) is 24.5 Å². The predicted molar refractivity (Wildman–Crippen MR) is 98.2 cm³/mol. The van der Waals surface area contributed by atoms with Gasteiger partial charge in [0.15, 0.2) is 11.6 Å². The van der Waals surface area contributed by atoms with Crippen LogP contribution >= 0.6 is 11.8 Å². The number of thioether (sulfide) groups is 1. The molecule has 144 valence electrons. The van der Waals surface area contributed by atoms with E-state index in [-0.39, 0.29) is 17.9 Å². The Labute approximate surface area is 159 Å². The number of nitrogens with zero attached hydrogens (tertiary/aromatic N) is 5. The Morgan fingerprint density at radius 3 is 2.78 bits per heavy atom. The van der Waals surface area contributed by atoms with Gasteiger partial charge in [-0.2, -0.15) is 11.8 Å². The van der Waals surface area contributed by atoms with Crippen molar-refractivity contribution in [1.82, 2.24) is 15.0 Å². The molecule has 2 aliphatic heterocycles. The van der Waals surface area contributed by atoms with E-state index >= 15 is 0 Å². The van der Waals surface area contributed by atoms with E-state index < -0.39 is 23.8 Å². The van der Waals surface area contributed by atoms with Gasteiger partial charge in [-0.25, -0.2) is 18.3 Å². The molecule has 7 nitrogen and oxygen atoms in total. The SMILES string of the molecule is O=C1O[C@@H](Cn2ccnn2)CN1c1cc(F)c(N2CCCSCC2)c(F)c1. The number of rotatable bonds is 4. The summed E-state index contributed by atoms with van der Waals surface area (Å²) in [6.45, 7) is 1.74. The first-order valence-electron chi connectivity index (χ1n) is 8.76. The van der Waals surface area contributed by atoms with E-state index in [0.29, 0.717) is 19.6 Å². The molecule has 0 N–H and O–H groups in total. The summed E-state index contributed by atoms with van der Waals surface area (Å²) in [5, 5.41) is 7.53. The van der Waals surface area contributed by atoms with Crippen LogP contribution in [0.4, 0.5) is 25.0 Å². The molecule has 0 unspecified atom stereocenters. The number of carbonyl (C=O) groups is 1. The largest absolute Gasteiger partial charge is 0.442 e. The summed E-state index contributed by atoms with van der Waals surface area (Å²) in [5.41, 5.74) is 0.136. The third-order valence-electron chi connectivity index (χ3n) is 4.59. The molecule has 3 heterocycles. The van der Waals surface area contributed by atoms with E-state index in [4.69, 9.17) is 4.74 Å². The lowest BCUT2D eigenvalue weighted by molar-refractivity contribution is 0.129. The number of hydrogen-bond donors (Lipinski definition) is 0. The second-order valence-corrected chi connectivity index (χ2v) is 7.68. The lowest BCUT2D eigenvalue weighted by Gasteiger charge is -2.24. The van der Waals surface area contributed by atoms with Crippen LogP contribution in [0.1, 0.15) is 6.42 Å². The highest BCUT2D eigenvalue weighted by molar-refractivity contribution is 7.99. The molecule has 0 spiro atoms. The Kier molecular flexibility index (Phi) is 5.15. The predicted octanol–water partition coefficient (Wildman–Crippen LogP) is 2.53. The van der Waals surface area contributed by atoms with Crippen LogP contribution in [0.2, 0.25) is 0 Å². The highest BCUT2D eigenvalue weighted by atomic mass is 32.2. The first kappa shape index (κ1) is 18.0. The Morgan fingerprint density at radius 2 is 2.04 bits per heavy atom. The van der Waals surface area contributed by atoms with Gasteiger partial charge in [0.1, 0.15) is 11.8 Å². The van der Waals surface area contributed by atoms with Crippen molar-refractivity contribution in [2.45, 2.75) is 19.1 Å². The van der Waals surface area contributed by atoms with Crippen molar-refractivity contribution in [2.24, 2.45) is 0 Å². The number of hydrogen-bond acceptors (Lipinski definition) is 6. The Balaban J connectivity index is 1.53. The maximum atomic E-state index is 14.7. The Morgan fingerprint density at radius 1 is 1.22 bits per heavy atom. The van der Waals surface area contributed by atoms with Crippen LogP contribution in [-0.4, -0.2) is 58.3 Å². The molecule has 2 aromatic rings. The second kappa shape index (κ2) is 7.71. The van der Waals surface area contributed by atoms with Gasteiger partial charge in [0.2, 0.25) is 0 Å². The topological polar surface area (TPSA) is 63.5 Å². The zero-order chi connectivity index (χ0) is 18.8. The lowest BCUT2D eigenvalue weighted by atomic mass is 10.2. The van der Waals surface area contributed by atoms with Crippen LogP contribution in [0.25, 0.3) is 0 Å². The lowest BCUT2D eigenvalue weighted by Crippen LogP contribution is -2.29. The van der Waals surface area contributed by atoms with Gasteiger partial charge in [0.25, 0.3) is 0 Å². The fourth-order valence-corrected chi connectivity index (χ4v) is 4.23. The number of carbonyl (C=O) groups excluding carboxylic acids is 1. The quantitative estimate of drug-likeness (QED) is 0.793. The first-order valence-corrected chi connectivity index (χ1v) is 9.91. The molecular weight excluding hydrogens is 376 g/mol. The van der Waals surface area contributed by atoms with E-state index in [0.717, 1.165) is 17.9 Å². The van der Waals surface area contributed by atoms with Crippen molar-refractivity contribution in [3.8, 4) is 0 Å². The third-order valence-corrected chi connectivity index (χ3v) is 5.64. The zero-order valence-corrected chi connectivity index (χ0v) is 15.4. The second-order valence-electron chi connectivity index (χ2n) is 6.45. The summed E-state index contributed by atoms with van der Waals surface area (Å²) in [6, 6.07) is 2.41. The number of halogens is 2. The highest BCUT2D eigenvalue weighted by Crippen LogP contribution is 2.32. The molecule has 4 rings (SSSR count). The number of cyclic esters (lactones) is 1. The van der Waals surface area contributed by atoms with E-state index in [1.54, 1.807) is 27.5 Å². The Hall–Kier alpha value is -2.36. The van der Waals surface area contributed by atoms with Crippen LogP contribution in [0, 0.1) is 11.6 Å². The van der Waals surface area contributed by atoms with E-state index in [1.165, 1.54) is 23.2 Å². The average Bonchev–Trinajstić information content (AvgIpc) is 3.18. The molecule has 0 aliphatic carbocycles.